The van der Waals surface area contributed by atoms with Crippen molar-refractivity contribution in [2.45, 2.75) is 20.4 Å². The molecule has 0 unspecified atom stereocenters. The Morgan fingerprint density at radius 3 is 2.65 bits per heavy atom. The van der Waals surface area contributed by atoms with Crippen LogP contribution in [0.25, 0.3) is 0 Å². The van der Waals surface area contributed by atoms with Crippen LogP contribution in [0.1, 0.15) is 27.2 Å². The Bertz CT molecular complexity index is 617. The molecule has 0 atom stereocenters. The van der Waals surface area contributed by atoms with Crippen LogP contribution in [0.3, 0.4) is 0 Å². The topological polar surface area (TPSA) is 59.2 Å². The zero-order valence-corrected chi connectivity index (χ0v) is 12.1. The van der Waals surface area contributed by atoms with Gasteiger partial charge in [-0.1, -0.05) is 29.8 Å². The SMILES string of the molecule is Cc1cccc(CN(C)C(=O)c2cc(C)nc(N)c2)c1. The van der Waals surface area contributed by atoms with Crippen molar-refractivity contribution in [3.63, 3.8) is 0 Å². The molecule has 1 amide bonds. The highest BCUT2D eigenvalue weighted by atomic mass is 16.2. The minimum atomic E-state index is -0.0521. The van der Waals surface area contributed by atoms with E-state index < -0.39 is 0 Å². The largest absolute Gasteiger partial charge is 0.384 e. The Hall–Kier alpha value is -2.36. The molecule has 0 aliphatic rings. The summed E-state index contributed by atoms with van der Waals surface area (Å²) in [6, 6.07) is 11.5. The molecule has 2 N–H and O–H groups in total. The van der Waals surface area contributed by atoms with Gasteiger partial charge in [-0.3, -0.25) is 4.79 Å². The number of pyridine rings is 1. The third-order valence-electron chi connectivity index (χ3n) is 3.07. The molecule has 0 saturated carbocycles. The first-order chi connectivity index (χ1) is 9.45. The molecule has 0 radical (unpaired) electrons. The van der Waals surface area contributed by atoms with Crippen LogP contribution in [0.15, 0.2) is 36.4 Å². The van der Waals surface area contributed by atoms with Gasteiger partial charge in [-0.15, -0.1) is 0 Å². The van der Waals surface area contributed by atoms with E-state index in [2.05, 4.69) is 11.1 Å². The fraction of sp³-hybridized carbons (Fsp3) is 0.250. The molecule has 2 rings (SSSR count). The van der Waals surface area contributed by atoms with Crippen molar-refractivity contribution in [1.82, 2.24) is 9.88 Å². The quantitative estimate of drug-likeness (QED) is 0.931. The summed E-state index contributed by atoms with van der Waals surface area (Å²) in [6.45, 7) is 4.44. The van der Waals surface area contributed by atoms with Gasteiger partial charge in [0.2, 0.25) is 0 Å². The molecule has 2 aromatic rings. The summed E-state index contributed by atoms with van der Waals surface area (Å²) in [5, 5.41) is 0. The van der Waals surface area contributed by atoms with E-state index in [1.165, 1.54) is 5.56 Å². The van der Waals surface area contributed by atoms with Gasteiger partial charge in [-0.05, 0) is 31.5 Å². The van der Waals surface area contributed by atoms with Crippen LogP contribution in [-0.4, -0.2) is 22.8 Å². The second-order valence-corrected chi connectivity index (χ2v) is 5.07. The number of aryl methyl sites for hydroxylation is 2. The van der Waals surface area contributed by atoms with Crippen LogP contribution in [0.2, 0.25) is 0 Å². The van der Waals surface area contributed by atoms with E-state index in [1.54, 1.807) is 24.1 Å². The van der Waals surface area contributed by atoms with E-state index in [0.717, 1.165) is 11.3 Å². The van der Waals surface area contributed by atoms with Gasteiger partial charge < -0.3 is 10.6 Å². The van der Waals surface area contributed by atoms with Crippen molar-refractivity contribution >= 4 is 11.7 Å². The molecule has 1 aromatic carbocycles. The molecular formula is C16H19N3O. The lowest BCUT2D eigenvalue weighted by Crippen LogP contribution is -2.26. The maximum absolute atomic E-state index is 12.4. The van der Waals surface area contributed by atoms with Crippen molar-refractivity contribution in [2.75, 3.05) is 12.8 Å². The number of nitrogen functional groups attached to an aromatic ring is 1. The van der Waals surface area contributed by atoms with E-state index in [4.69, 9.17) is 5.73 Å². The molecule has 4 nitrogen and oxygen atoms in total. The highest BCUT2D eigenvalue weighted by Crippen LogP contribution is 2.12. The molecule has 104 valence electrons. The Balaban J connectivity index is 2.16. The highest BCUT2D eigenvalue weighted by Gasteiger charge is 2.13. The molecule has 1 heterocycles. The van der Waals surface area contributed by atoms with Gasteiger partial charge in [-0.2, -0.15) is 0 Å². The Morgan fingerprint density at radius 2 is 2.00 bits per heavy atom. The van der Waals surface area contributed by atoms with Crippen molar-refractivity contribution < 1.29 is 4.79 Å². The summed E-state index contributed by atoms with van der Waals surface area (Å²) in [4.78, 5) is 18.1. The van der Waals surface area contributed by atoms with Crippen LogP contribution >= 0.6 is 0 Å². The molecule has 0 aliphatic heterocycles. The lowest BCUT2D eigenvalue weighted by atomic mass is 10.1. The van der Waals surface area contributed by atoms with E-state index in [1.807, 2.05) is 32.0 Å². The summed E-state index contributed by atoms with van der Waals surface area (Å²) < 4.78 is 0. The van der Waals surface area contributed by atoms with Crippen molar-refractivity contribution in [3.05, 3.63) is 58.8 Å². The lowest BCUT2D eigenvalue weighted by Gasteiger charge is -2.18. The van der Waals surface area contributed by atoms with Crippen LogP contribution in [0, 0.1) is 13.8 Å². The monoisotopic (exact) mass is 269 g/mol. The molecule has 20 heavy (non-hydrogen) atoms. The van der Waals surface area contributed by atoms with Gasteiger partial charge in [0.15, 0.2) is 0 Å². The first-order valence-corrected chi connectivity index (χ1v) is 6.51. The second kappa shape index (κ2) is 5.74. The molecule has 0 spiro atoms. The smallest absolute Gasteiger partial charge is 0.254 e. The average molecular weight is 269 g/mol. The number of carbonyl (C=O) groups is 1. The number of carbonyl (C=O) groups excluding carboxylic acids is 1. The summed E-state index contributed by atoms with van der Waals surface area (Å²) in [5.41, 5.74) is 9.31. The predicted molar refractivity (Wildman–Crippen MR) is 80.4 cm³/mol. The lowest BCUT2D eigenvalue weighted by molar-refractivity contribution is 0.0785. The molecule has 0 aliphatic carbocycles. The zero-order chi connectivity index (χ0) is 14.7. The number of nitrogens with zero attached hydrogens (tertiary/aromatic N) is 2. The number of amides is 1. The predicted octanol–water partition coefficient (Wildman–Crippen LogP) is 2.55. The van der Waals surface area contributed by atoms with Crippen molar-refractivity contribution in [2.24, 2.45) is 0 Å². The third kappa shape index (κ3) is 3.35. The van der Waals surface area contributed by atoms with Gasteiger partial charge in [-0.25, -0.2) is 4.98 Å². The number of hydrogen-bond donors (Lipinski definition) is 1. The number of rotatable bonds is 3. The molecular weight excluding hydrogens is 250 g/mol. The Kier molecular flexibility index (Phi) is 4.03. The second-order valence-electron chi connectivity index (χ2n) is 5.07. The number of nitrogens with two attached hydrogens (primary N) is 1. The minimum absolute atomic E-state index is 0.0521. The first kappa shape index (κ1) is 14.1. The molecule has 0 saturated heterocycles. The third-order valence-corrected chi connectivity index (χ3v) is 3.07. The molecule has 4 heteroatoms. The van der Waals surface area contributed by atoms with Crippen LogP contribution in [0.5, 0.6) is 0 Å². The Morgan fingerprint density at radius 1 is 1.25 bits per heavy atom. The van der Waals surface area contributed by atoms with Gasteiger partial charge in [0.25, 0.3) is 5.91 Å². The number of benzene rings is 1. The van der Waals surface area contributed by atoms with Gasteiger partial charge in [0, 0.05) is 24.8 Å². The highest BCUT2D eigenvalue weighted by molar-refractivity contribution is 5.94. The van der Waals surface area contributed by atoms with Crippen LogP contribution in [0.4, 0.5) is 5.82 Å². The maximum atomic E-state index is 12.4. The maximum Gasteiger partial charge on any atom is 0.254 e. The summed E-state index contributed by atoms with van der Waals surface area (Å²) in [5.74, 6) is 0.320. The fourth-order valence-electron chi connectivity index (χ4n) is 2.19. The van der Waals surface area contributed by atoms with Crippen molar-refractivity contribution in [3.8, 4) is 0 Å². The summed E-state index contributed by atoms with van der Waals surface area (Å²) in [6.07, 6.45) is 0. The van der Waals surface area contributed by atoms with E-state index in [0.29, 0.717) is 17.9 Å². The van der Waals surface area contributed by atoms with Gasteiger partial charge in [0.1, 0.15) is 5.82 Å². The summed E-state index contributed by atoms with van der Waals surface area (Å²) in [7, 11) is 1.79. The Labute approximate surface area is 119 Å². The van der Waals surface area contributed by atoms with Crippen molar-refractivity contribution in [1.29, 1.82) is 0 Å². The average Bonchev–Trinajstić information content (AvgIpc) is 2.36. The normalized spacial score (nSPS) is 10.3. The zero-order valence-electron chi connectivity index (χ0n) is 12.1. The number of anilines is 1. The molecule has 1 aromatic heterocycles. The fourth-order valence-corrected chi connectivity index (χ4v) is 2.19. The number of aromatic nitrogens is 1. The molecule has 0 bridgehead atoms. The van der Waals surface area contributed by atoms with Gasteiger partial charge >= 0.3 is 0 Å². The van der Waals surface area contributed by atoms with E-state index >= 15 is 0 Å². The van der Waals surface area contributed by atoms with E-state index in [-0.39, 0.29) is 5.91 Å². The van der Waals surface area contributed by atoms with Crippen LogP contribution in [-0.2, 0) is 6.54 Å². The summed E-state index contributed by atoms with van der Waals surface area (Å²) >= 11 is 0. The molecule has 0 fully saturated rings. The van der Waals surface area contributed by atoms with Gasteiger partial charge in [0.05, 0.1) is 0 Å². The standard InChI is InChI=1S/C16H19N3O/c1-11-5-4-6-13(7-11)10-19(3)16(20)14-8-12(2)18-15(17)9-14/h4-9H,10H2,1-3H3,(H2,17,18). The first-order valence-electron chi connectivity index (χ1n) is 6.51. The van der Waals surface area contributed by atoms with Crippen LogP contribution < -0.4 is 5.73 Å². The number of hydrogen-bond acceptors (Lipinski definition) is 3. The minimum Gasteiger partial charge on any atom is -0.384 e. The van der Waals surface area contributed by atoms with E-state index in [9.17, 15) is 4.79 Å².